The minimum atomic E-state index is -0.143. The Labute approximate surface area is 188 Å². The molecule has 0 fully saturated rings. The van der Waals surface area contributed by atoms with Gasteiger partial charge in [0.2, 0.25) is 0 Å². The molecule has 32 heavy (non-hydrogen) atoms. The SMILES string of the molecule is Cc1c(N=c2scc(-c3ccccc3)n2Cc2ccco2)c(=O)n(-c2ccccc2)n1C. The molecule has 0 amide bonds. The third-order valence-corrected chi connectivity index (χ3v) is 6.36. The zero-order valence-electron chi connectivity index (χ0n) is 17.8. The van der Waals surface area contributed by atoms with Crippen molar-refractivity contribution < 1.29 is 4.42 Å². The van der Waals surface area contributed by atoms with E-state index >= 15 is 0 Å². The van der Waals surface area contributed by atoms with E-state index in [0.717, 1.165) is 33.2 Å². The van der Waals surface area contributed by atoms with Crippen molar-refractivity contribution in [2.45, 2.75) is 13.5 Å². The summed E-state index contributed by atoms with van der Waals surface area (Å²) >= 11 is 1.51. The average molecular weight is 443 g/mol. The summed E-state index contributed by atoms with van der Waals surface area (Å²) in [6.07, 6.45) is 1.67. The third kappa shape index (κ3) is 3.56. The highest BCUT2D eigenvalue weighted by molar-refractivity contribution is 7.07. The van der Waals surface area contributed by atoms with Crippen LogP contribution in [0.1, 0.15) is 11.5 Å². The molecule has 6 nitrogen and oxygen atoms in total. The zero-order chi connectivity index (χ0) is 22.1. The molecule has 0 aliphatic rings. The van der Waals surface area contributed by atoms with Crippen molar-refractivity contribution >= 4 is 17.0 Å². The van der Waals surface area contributed by atoms with Crippen molar-refractivity contribution in [2.24, 2.45) is 12.0 Å². The van der Waals surface area contributed by atoms with Crippen LogP contribution < -0.4 is 10.4 Å². The first-order valence-corrected chi connectivity index (χ1v) is 11.2. The lowest BCUT2D eigenvalue weighted by molar-refractivity contribution is 0.492. The number of furan rings is 1. The number of hydrogen-bond acceptors (Lipinski definition) is 4. The Morgan fingerprint density at radius 2 is 1.69 bits per heavy atom. The van der Waals surface area contributed by atoms with Gasteiger partial charge in [0.25, 0.3) is 5.56 Å². The molecule has 0 spiro atoms. The Morgan fingerprint density at radius 3 is 2.38 bits per heavy atom. The molecule has 0 saturated heterocycles. The quantitative estimate of drug-likeness (QED) is 0.389. The molecule has 160 valence electrons. The van der Waals surface area contributed by atoms with Gasteiger partial charge in [0.05, 0.1) is 29.9 Å². The second kappa shape index (κ2) is 8.36. The van der Waals surface area contributed by atoms with E-state index in [0.29, 0.717) is 12.2 Å². The lowest BCUT2D eigenvalue weighted by atomic mass is 10.2. The number of thiazole rings is 1. The van der Waals surface area contributed by atoms with Gasteiger partial charge in [-0.25, -0.2) is 9.67 Å². The lowest BCUT2D eigenvalue weighted by Gasteiger charge is -2.07. The molecule has 3 aromatic heterocycles. The van der Waals surface area contributed by atoms with Gasteiger partial charge in [0, 0.05) is 12.4 Å². The number of hydrogen-bond donors (Lipinski definition) is 0. The molecule has 3 heterocycles. The van der Waals surface area contributed by atoms with E-state index in [4.69, 9.17) is 9.41 Å². The minimum absolute atomic E-state index is 0.143. The highest BCUT2D eigenvalue weighted by atomic mass is 32.1. The van der Waals surface area contributed by atoms with Gasteiger partial charge in [-0.15, -0.1) is 11.3 Å². The molecule has 0 bridgehead atoms. The minimum Gasteiger partial charge on any atom is -0.467 e. The first-order valence-electron chi connectivity index (χ1n) is 10.3. The van der Waals surface area contributed by atoms with Crippen LogP contribution in [0.25, 0.3) is 16.9 Å². The van der Waals surface area contributed by atoms with E-state index in [1.807, 2.05) is 79.3 Å². The number of benzene rings is 2. The highest BCUT2D eigenvalue weighted by Gasteiger charge is 2.17. The Kier molecular flexibility index (Phi) is 5.25. The van der Waals surface area contributed by atoms with E-state index in [9.17, 15) is 4.79 Å². The monoisotopic (exact) mass is 442 g/mol. The van der Waals surface area contributed by atoms with Gasteiger partial charge < -0.3 is 8.98 Å². The van der Waals surface area contributed by atoms with E-state index in [2.05, 4.69) is 22.1 Å². The molecule has 0 N–H and O–H groups in total. The summed E-state index contributed by atoms with van der Waals surface area (Å²) in [5, 5.41) is 2.07. The van der Waals surface area contributed by atoms with E-state index in [-0.39, 0.29) is 5.56 Å². The van der Waals surface area contributed by atoms with Crippen molar-refractivity contribution in [1.82, 2.24) is 13.9 Å². The van der Waals surface area contributed by atoms with Gasteiger partial charge >= 0.3 is 0 Å². The molecule has 7 heteroatoms. The third-order valence-electron chi connectivity index (χ3n) is 5.49. The molecule has 0 aliphatic carbocycles. The summed E-state index contributed by atoms with van der Waals surface area (Å²) in [7, 11) is 1.88. The van der Waals surface area contributed by atoms with Crippen LogP contribution in [0.15, 0.2) is 98.6 Å². The molecule has 0 aliphatic heterocycles. The molecule has 0 unspecified atom stereocenters. The molecule has 5 rings (SSSR count). The van der Waals surface area contributed by atoms with Gasteiger partial charge in [-0.05, 0) is 36.8 Å². The summed E-state index contributed by atoms with van der Waals surface area (Å²) in [4.78, 5) is 18.9. The van der Waals surface area contributed by atoms with Crippen LogP contribution in [-0.4, -0.2) is 13.9 Å². The predicted octanol–water partition coefficient (Wildman–Crippen LogP) is 4.89. The van der Waals surface area contributed by atoms with Gasteiger partial charge in [-0.3, -0.25) is 9.48 Å². The van der Waals surface area contributed by atoms with Crippen LogP contribution in [0.2, 0.25) is 0 Å². The standard InChI is InChI=1S/C25H22N4O2S/c1-18-23(24(30)29(27(18)2)20-12-7-4-8-13-20)26-25-28(16-21-14-9-15-31-21)22(17-32-25)19-10-5-3-6-11-19/h3-15,17H,16H2,1-2H3. The zero-order valence-corrected chi connectivity index (χ0v) is 18.6. The highest BCUT2D eigenvalue weighted by Crippen LogP contribution is 2.22. The average Bonchev–Trinajstić information content (AvgIpc) is 3.53. The fourth-order valence-corrected chi connectivity index (χ4v) is 4.66. The summed E-state index contributed by atoms with van der Waals surface area (Å²) in [5.74, 6) is 0.827. The normalized spacial score (nSPS) is 11.9. The fourth-order valence-electron chi connectivity index (χ4n) is 3.75. The summed E-state index contributed by atoms with van der Waals surface area (Å²) in [5.41, 5.74) is 4.02. The summed E-state index contributed by atoms with van der Waals surface area (Å²) in [6.45, 7) is 2.45. The first-order chi connectivity index (χ1) is 15.6. The molecule has 5 aromatic rings. The summed E-state index contributed by atoms with van der Waals surface area (Å²) in [6, 6.07) is 23.6. The van der Waals surface area contributed by atoms with Crippen molar-refractivity contribution in [3.8, 4) is 16.9 Å². The van der Waals surface area contributed by atoms with Gasteiger partial charge in [-0.2, -0.15) is 0 Å². The molecular weight excluding hydrogens is 420 g/mol. The van der Waals surface area contributed by atoms with E-state index in [1.165, 1.54) is 11.3 Å². The Morgan fingerprint density at radius 1 is 0.969 bits per heavy atom. The molecule has 0 radical (unpaired) electrons. The number of nitrogens with zero attached hydrogens (tertiary/aromatic N) is 4. The van der Waals surface area contributed by atoms with Crippen LogP contribution in [0, 0.1) is 6.92 Å². The molecule has 0 atom stereocenters. The Bertz CT molecular complexity index is 1470. The maximum Gasteiger partial charge on any atom is 0.297 e. The van der Waals surface area contributed by atoms with Crippen LogP contribution >= 0.6 is 11.3 Å². The molecular formula is C25H22N4O2S. The Hall–Kier alpha value is -3.84. The maximum atomic E-state index is 13.3. The van der Waals surface area contributed by atoms with Crippen LogP contribution in [0.4, 0.5) is 5.69 Å². The van der Waals surface area contributed by atoms with Crippen LogP contribution in [-0.2, 0) is 13.6 Å². The van der Waals surface area contributed by atoms with Crippen molar-refractivity contribution in [3.05, 3.63) is 111 Å². The van der Waals surface area contributed by atoms with Crippen LogP contribution in [0.5, 0.6) is 0 Å². The fraction of sp³-hybridized carbons (Fsp3) is 0.120. The van der Waals surface area contributed by atoms with Crippen molar-refractivity contribution in [1.29, 1.82) is 0 Å². The smallest absolute Gasteiger partial charge is 0.297 e. The maximum absolute atomic E-state index is 13.3. The molecule has 2 aromatic carbocycles. The van der Waals surface area contributed by atoms with E-state index in [1.54, 1.807) is 10.9 Å². The van der Waals surface area contributed by atoms with Gasteiger partial charge in [-0.1, -0.05) is 48.5 Å². The Balaban J connectivity index is 1.70. The van der Waals surface area contributed by atoms with Crippen molar-refractivity contribution in [2.75, 3.05) is 0 Å². The number of rotatable bonds is 5. The lowest BCUT2D eigenvalue weighted by Crippen LogP contribution is -2.20. The topological polar surface area (TPSA) is 57.4 Å². The second-order valence-electron chi connectivity index (χ2n) is 7.46. The first kappa shape index (κ1) is 20.1. The van der Waals surface area contributed by atoms with E-state index < -0.39 is 0 Å². The van der Waals surface area contributed by atoms with Crippen molar-refractivity contribution in [3.63, 3.8) is 0 Å². The second-order valence-corrected chi connectivity index (χ2v) is 8.29. The van der Waals surface area contributed by atoms with Crippen LogP contribution in [0.3, 0.4) is 0 Å². The number of aromatic nitrogens is 3. The molecule has 0 saturated carbocycles. The number of para-hydroxylation sites is 1. The van der Waals surface area contributed by atoms with Gasteiger partial charge in [0.1, 0.15) is 5.76 Å². The predicted molar refractivity (Wildman–Crippen MR) is 127 cm³/mol. The largest absolute Gasteiger partial charge is 0.467 e. The summed E-state index contributed by atoms with van der Waals surface area (Å²) < 4.78 is 11.2. The van der Waals surface area contributed by atoms with Gasteiger partial charge in [0.15, 0.2) is 10.5 Å².